The molecule has 0 saturated heterocycles. The van der Waals surface area contributed by atoms with Gasteiger partial charge in [0.05, 0.1) is 6.54 Å². The monoisotopic (exact) mass is 225 g/mol. The standard InChI is InChI=1S/C12H23N3O/c1-4-7-8-14-11(10-13)9-12(16)15(5-2)6-3/h11,14H,5-6,8-10,13H2,1-3H3. The first kappa shape index (κ1) is 14.9. The Labute approximate surface area is 98.6 Å². The Morgan fingerprint density at radius 2 is 2.06 bits per heavy atom. The number of carbonyl (C=O) groups excluding carboxylic acids is 1. The number of nitrogens with two attached hydrogens (primary N) is 1. The summed E-state index contributed by atoms with van der Waals surface area (Å²) in [7, 11) is 0. The van der Waals surface area contributed by atoms with Crippen molar-refractivity contribution in [2.45, 2.75) is 33.2 Å². The lowest BCUT2D eigenvalue weighted by atomic mass is 10.2. The number of hydrogen-bond acceptors (Lipinski definition) is 3. The molecule has 1 amide bonds. The lowest BCUT2D eigenvalue weighted by molar-refractivity contribution is -0.131. The molecule has 0 aliphatic heterocycles. The van der Waals surface area contributed by atoms with E-state index in [0.29, 0.717) is 19.5 Å². The summed E-state index contributed by atoms with van der Waals surface area (Å²) in [6, 6.07) is 0.0222. The minimum atomic E-state index is 0.0222. The quantitative estimate of drug-likeness (QED) is 0.608. The number of rotatable bonds is 7. The summed E-state index contributed by atoms with van der Waals surface area (Å²) in [6.45, 7) is 8.30. The van der Waals surface area contributed by atoms with Crippen LogP contribution in [0.3, 0.4) is 0 Å². The molecule has 0 radical (unpaired) electrons. The lowest BCUT2D eigenvalue weighted by Gasteiger charge is -2.22. The first-order valence-corrected chi connectivity index (χ1v) is 5.80. The lowest BCUT2D eigenvalue weighted by Crippen LogP contribution is -2.42. The second-order valence-corrected chi connectivity index (χ2v) is 3.51. The Bertz CT molecular complexity index is 251. The Kier molecular flexibility index (Phi) is 8.59. The van der Waals surface area contributed by atoms with Crippen molar-refractivity contribution in [1.82, 2.24) is 10.2 Å². The third-order valence-electron chi connectivity index (χ3n) is 2.48. The second-order valence-electron chi connectivity index (χ2n) is 3.51. The van der Waals surface area contributed by atoms with Gasteiger partial charge in [-0.1, -0.05) is 5.92 Å². The smallest absolute Gasteiger partial charge is 0.224 e. The molecule has 4 nitrogen and oxygen atoms in total. The van der Waals surface area contributed by atoms with Crippen molar-refractivity contribution in [1.29, 1.82) is 0 Å². The Balaban J connectivity index is 4.08. The van der Waals surface area contributed by atoms with E-state index in [2.05, 4.69) is 17.2 Å². The van der Waals surface area contributed by atoms with E-state index < -0.39 is 0 Å². The first-order valence-electron chi connectivity index (χ1n) is 5.80. The molecule has 0 spiro atoms. The molecule has 0 heterocycles. The zero-order chi connectivity index (χ0) is 12.4. The van der Waals surface area contributed by atoms with Crippen LogP contribution in [0.1, 0.15) is 27.2 Å². The zero-order valence-electron chi connectivity index (χ0n) is 10.5. The molecule has 16 heavy (non-hydrogen) atoms. The average Bonchev–Trinajstić information content (AvgIpc) is 2.29. The summed E-state index contributed by atoms with van der Waals surface area (Å²) in [4.78, 5) is 13.6. The Morgan fingerprint density at radius 1 is 1.44 bits per heavy atom. The molecular formula is C12H23N3O. The molecule has 3 N–H and O–H groups in total. The summed E-state index contributed by atoms with van der Waals surface area (Å²) < 4.78 is 0. The van der Waals surface area contributed by atoms with Crippen LogP contribution in [-0.4, -0.2) is 43.0 Å². The summed E-state index contributed by atoms with van der Waals surface area (Å²) in [5.41, 5.74) is 5.60. The number of amides is 1. The molecule has 0 saturated carbocycles. The van der Waals surface area contributed by atoms with Crippen LogP contribution in [0.5, 0.6) is 0 Å². The predicted octanol–water partition coefficient (Wildman–Crippen LogP) is 0.185. The highest BCUT2D eigenvalue weighted by Gasteiger charge is 2.15. The van der Waals surface area contributed by atoms with Crippen LogP contribution in [0.4, 0.5) is 0 Å². The summed E-state index contributed by atoms with van der Waals surface area (Å²) in [6.07, 6.45) is 0.448. The van der Waals surface area contributed by atoms with Crippen molar-refractivity contribution < 1.29 is 4.79 Å². The van der Waals surface area contributed by atoms with Crippen LogP contribution in [0.25, 0.3) is 0 Å². The summed E-state index contributed by atoms with van der Waals surface area (Å²) >= 11 is 0. The summed E-state index contributed by atoms with van der Waals surface area (Å²) in [5, 5.41) is 3.16. The molecule has 0 aromatic heterocycles. The van der Waals surface area contributed by atoms with Gasteiger partial charge in [-0.2, -0.15) is 0 Å². The minimum Gasteiger partial charge on any atom is -0.343 e. The molecule has 92 valence electrons. The van der Waals surface area contributed by atoms with Crippen LogP contribution >= 0.6 is 0 Å². The molecule has 1 unspecified atom stereocenters. The van der Waals surface area contributed by atoms with E-state index in [9.17, 15) is 4.79 Å². The third-order valence-corrected chi connectivity index (χ3v) is 2.48. The van der Waals surface area contributed by atoms with Gasteiger partial charge in [-0.15, -0.1) is 5.92 Å². The molecule has 0 aliphatic carbocycles. The predicted molar refractivity (Wildman–Crippen MR) is 66.8 cm³/mol. The summed E-state index contributed by atoms with van der Waals surface area (Å²) in [5.74, 6) is 5.85. The third kappa shape index (κ3) is 5.74. The molecule has 0 aromatic carbocycles. The van der Waals surface area contributed by atoms with Gasteiger partial charge in [-0.25, -0.2) is 0 Å². The number of hydrogen-bond donors (Lipinski definition) is 2. The van der Waals surface area contributed by atoms with Gasteiger partial charge in [-0.3, -0.25) is 4.79 Å². The van der Waals surface area contributed by atoms with E-state index in [1.807, 2.05) is 18.7 Å². The zero-order valence-corrected chi connectivity index (χ0v) is 10.5. The van der Waals surface area contributed by atoms with Crippen molar-refractivity contribution in [3.05, 3.63) is 0 Å². The topological polar surface area (TPSA) is 58.4 Å². The van der Waals surface area contributed by atoms with Crippen molar-refractivity contribution in [3.8, 4) is 11.8 Å². The molecule has 4 heteroatoms. The van der Waals surface area contributed by atoms with Crippen LogP contribution in [0, 0.1) is 11.8 Å². The molecule has 0 aromatic rings. The van der Waals surface area contributed by atoms with E-state index in [1.165, 1.54) is 0 Å². The Morgan fingerprint density at radius 3 is 2.50 bits per heavy atom. The first-order chi connectivity index (χ1) is 7.69. The van der Waals surface area contributed by atoms with Crippen LogP contribution in [-0.2, 0) is 4.79 Å². The highest BCUT2D eigenvalue weighted by atomic mass is 16.2. The van der Waals surface area contributed by atoms with Gasteiger partial charge in [0.1, 0.15) is 0 Å². The van der Waals surface area contributed by atoms with Gasteiger partial charge >= 0.3 is 0 Å². The van der Waals surface area contributed by atoms with Crippen molar-refractivity contribution in [2.75, 3.05) is 26.2 Å². The minimum absolute atomic E-state index is 0.0222. The van der Waals surface area contributed by atoms with Crippen LogP contribution < -0.4 is 11.1 Å². The average molecular weight is 225 g/mol. The van der Waals surface area contributed by atoms with Crippen molar-refractivity contribution in [2.24, 2.45) is 5.73 Å². The molecule has 0 aliphatic rings. The molecular weight excluding hydrogens is 202 g/mol. The van der Waals surface area contributed by atoms with Crippen molar-refractivity contribution in [3.63, 3.8) is 0 Å². The molecule has 1 atom stereocenters. The van der Waals surface area contributed by atoms with Gasteiger partial charge < -0.3 is 16.0 Å². The molecule has 0 rings (SSSR count). The number of nitrogens with zero attached hydrogens (tertiary/aromatic N) is 1. The van der Waals surface area contributed by atoms with Gasteiger partial charge in [0.25, 0.3) is 0 Å². The normalized spacial score (nSPS) is 11.5. The SMILES string of the molecule is CC#CCNC(CN)CC(=O)N(CC)CC. The highest BCUT2D eigenvalue weighted by molar-refractivity contribution is 5.76. The maximum absolute atomic E-state index is 11.8. The van der Waals surface area contributed by atoms with Gasteiger partial charge in [0, 0.05) is 32.1 Å². The number of carbonyl (C=O) groups is 1. The van der Waals surface area contributed by atoms with Crippen molar-refractivity contribution >= 4 is 5.91 Å². The number of nitrogens with one attached hydrogen (secondary N) is 1. The fraction of sp³-hybridized carbons (Fsp3) is 0.750. The van der Waals surface area contributed by atoms with Crippen LogP contribution in [0.2, 0.25) is 0 Å². The van der Waals surface area contributed by atoms with E-state index in [-0.39, 0.29) is 11.9 Å². The van der Waals surface area contributed by atoms with Gasteiger partial charge in [0.2, 0.25) is 5.91 Å². The van der Waals surface area contributed by atoms with Gasteiger partial charge in [-0.05, 0) is 20.8 Å². The maximum atomic E-state index is 11.8. The largest absolute Gasteiger partial charge is 0.343 e. The van der Waals surface area contributed by atoms with Gasteiger partial charge in [0.15, 0.2) is 0 Å². The maximum Gasteiger partial charge on any atom is 0.224 e. The highest BCUT2D eigenvalue weighted by Crippen LogP contribution is 1.97. The Hall–Kier alpha value is -1.05. The molecule has 0 bridgehead atoms. The second kappa shape index (κ2) is 9.20. The molecule has 0 fully saturated rings. The van der Waals surface area contributed by atoms with E-state index >= 15 is 0 Å². The van der Waals surface area contributed by atoms with E-state index in [1.54, 1.807) is 6.92 Å². The fourth-order valence-corrected chi connectivity index (χ4v) is 1.44. The van der Waals surface area contributed by atoms with E-state index in [0.717, 1.165) is 13.1 Å². The van der Waals surface area contributed by atoms with E-state index in [4.69, 9.17) is 5.73 Å². The van der Waals surface area contributed by atoms with Crippen LogP contribution in [0.15, 0.2) is 0 Å². The fourth-order valence-electron chi connectivity index (χ4n) is 1.44.